The molecule has 1 N–H and O–H groups in total. The number of carbonyl (C=O) groups is 1. The van der Waals surface area contributed by atoms with Crippen LogP contribution in [0.15, 0.2) is 30.3 Å². The molecule has 18 heavy (non-hydrogen) atoms. The van der Waals surface area contributed by atoms with Crippen molar-refractivity contribution < 1.29 is 4.79 Å². The number of benzene rings is 1. The molecule has 0 bridgehead atoms. The molecule has 1 aromatic rings. The van der Waals surface area contributed by atoms with Crippen molar-refractivity contribution in [2.24, 2.45) is 0 Å². The first-order chi connectivity index (χ1) is 8.50. The zero-order chi connectivity index (χ0) is 13.5. The number of carbonyl (C=O) groups excluding carboxylic acids is 1. The third kappa shape index (κ3) is 4.85. The van der Waals surface area contributed by atoms with E-state index in [4.69, 9.17) is 0 Å². The van der Waals surface area contributed by atoms with Gasteiger partial charge in [0.2, 0.25) is 0 Å². The SMILES string of the molecule is CN(C)NC(=O)C(CCc1ccccc1)N(C)C. The minimum absolute atomic E-state index is 0.0425. The highest BCUT2D eigenvalue weighted by Crippen LogP contribution is 2.08. The van der Waals surface area contributed by atoms with E-state index in [2.05, 4.69) is 17.6 Å². The minimum Gasteiger partial charge on any atom is -0.298 e. The fourth-order valence-corrected chi connectivity index (χ4v) is 1.87. The van der Waals surface area contributed by atoms with Gasteiger partial charge in [-0.1, -0.05) is 30.3 Å². The zero-order valence-corrected chi connectivity index (χ0v) is 11.7. The maximum absolute atomic E-state index is 12.0. The van der Waals surface area contributed by atoms with Crippen LogP contribution in [0.3, 0.4) is 0 Å². The van der Waals surface area contributed by atoms with Crippen LogP contribution in [0.5, 0.6) is 0 Å². The second-order valence-electron chi connectivity index (χ2n) is 4.87. The van der Waals surface area contributed by atoms with Gasteiger partial charge in [0, 0.05) is 14.1 Å². The molecule has 100 valence electrons. The Balaban J connectivity index is 2.56. The van der Waals surface area contributed by atoms with Gasteiger partial charge in [0.25, 0.3) is 5.91 Å². The molecule has 0 aromatic heterocycles. The maximum atomic E-state index is 12.0. The molecule has 0 fully saturated rings. The second kappa shape index (κ2) is 7.13. The predicted molar refractivity (Wildman–Crippen MR) is 74.1 cm³/mol. The van der Waals surface area contributed by atoms with Gasteiger partial charge >= 0.3 is 0 Å². The molecule has 1 amide bonds. The lowest BCUT2D eigenvalue weighted by Gasteiger charge is -2.25. The van der Waals surface area contributed by atoms with Crippen LogP contribution in [-0.2, 0) is 11.2 Å². The summed E-state index contributed by atoms with van der Waals surface area (Å²) in [6.45, 7) is 0. The van der Waals surface area contributed by atoms with Gasteiger partial charge in [0.1, 0.15) is 0 Å². The van der Waals surface area contributed by atoms with Crippen LogP contribution in [0, 0.1) is 0 Å². The van der Waals surface area contributed by atoms with E-state index in [1.807, 2.05) is 51.3 Å². The second-order valence-corrected chi connectivity index (χ2v) is 4.87. The molecule has 0 saturated heterocycles. The summed E-state index contributed by atoms with van der Waals surface area (Å²) in [5, 5.41) is 1.68. The van der Waals surface area contributed by atoms with Crippen LogP contribution < -0.4 is 5.43 Å². The Bertz CT molecular complexity index is 363. The lowest BCUT2D eigenvalue weighted by Crippen LogP contribution is -2.48. The largest absolute Gasteiger partial charge is 0.298 e. The highest BCUT2D eigenvalue weighted by atomic mass is 16.2. The number of rotatable bonds is 6. The number of hydrogen-bond acceptors (Lipinski definition) is 3. The van der Waals surface area contributed by atoms with E-state index in [0.29, 0.717) is 0 Å². The van der Waals surface area contributed by atoms with Gasteiger partial charge in [-0.3, -0.25) is 15.1 Å². The number of nitrogens with one attached hydrogen (secondary N) is 1. The van der Waals surface area contributed by atoms with E-state index in [1.54, 1.807) is 5.01 Å². The Kier molecular flexibility index (Phi) is 5.82. The third-order valence-corrected chi connectivity index (χ3v) is 2.81. The van der Waals surface area contributed by atoms with E-state index in [9.17, 15) is 4.79 Å². The molecular weight excluding hydrogens is 226 g/mol. The van der Waals surface area contributed by atoms with Gasteiger partial charge in [-0.2, -0.15) is 0 Å². The van der Waals surface area contributed by atoms with Crippen LogP contribution in [0.4, 0.5) is 0 Å². The van der Waals surface area contributed by atoms with E-state index in [-0.39, 0.29) is 11.9 Å². The average Bonchev–Trinajstić information content (AvgIpc) is 2.29. The molecule has 1 atom stereocenters. The van der Waals surface area contributed by atoms with E-state index in [0.717, 1.165) is 12.8 Å². The summed E-state index contributed by atoms with van der Waals surface area (Å²) in [6.07, 6.45) is 1.72. The molecule has 0 spiro atoms. The molecule has 1 aromatic carbocycles. The minimum atomic E-state index is -0.104. The topological polar surface area (TPSA) is 35.6 Å². The molecule has 4 nitrogen and oxygen atoms in total. The number of aryl methyl sites for hydroxylation is 1. The van der Waals surface area contributed by atoms with Gasteiger partial charge in [-0.25, -0.2) is 5.01 Å². The lowest BCUT2D eigenvalue weighted by atomic mass is 10.0. The van der Waals surface area contributed by atoms with Crippen molar-refractivity contribution in [2.45, 2.75) is 18.9 Å². The molecule has 0 radical (unpaired) electrons. The fraction of sp³-hybridized carbons (Fsp3) is 0.500. The molecule has 0 heterocycles. The highest BCUT2D eigenvalue weighted by Gasteiger charge is 2.20. The highest BCUT2D eigenvalue weighted by molar-refractivity contribution is 5.81. The lowest BCUT2D eigenvalue weighted by molar-refractivity contribution is -0.129. The monoisotopic (exact) mass is 249 g/mol. The summed E-state index contributed by atoms with van der Waals surface area (Å²) in [5.74, 6) is 0.0425. The molecule has 1 rings (SSSR count). The Hall–Kier alpha value is -1.39. The number of likely N-dealkylation sites (N-methyl/N-ethyl adjacent to an activating group) is 1. The Morgan fingerprint density at radius 1 is 1.17 bits per heavy atom. The number of hydrazine groups is 1. The van der Waals surface area contributed by atoms with E-state index in [1.165, 1.54) is 5.56 Å². The summed E-state index contributed by atoms with van der Waals surface area (Å²) >= 11 is 0. The summed E-state index contributed by atoms with van der Waals surface area (Å²) in [6, 6.07) is 10.1. The van der Waals surface area contributed by atoms with Gasteiger partial charge in [0.05, 0.1) is 6.04 Å². The van der Waals surface area contributed by atoms with Crippen LogP contribution in [0.25, 0.3) is 0 Å². The van der Waals surface area contributed by atoms with E-state index >= 15 is 0 Å². The predicted octanol–water partition coefficient (Wildman–Crippen LogP) is 1.14. The molecule has 0 aliphatic rings. The molecule has 0 aliphatic carbocycles. The Morgan fingerprint density at radius 2 is 1.78 bits per heavy atom. The zero-order valence-electron chi connectivity index (χ0n) is 11.7. The van der Waals surface area contributed by atoms with Crippen LogP contribution in [0.2, 0.25) is 0 Å². The van der Waals surface area contributed by atoms with Crippen molar-refractivity contribution in [3.8, 4) is 0 Å². The normalized spacial score (nSPS) is 12.8. The van der Waals surface area contributed by atoms with Crippen molar-refractivity contribution >= 4 is 5.91 Å². The molecule has 0 aliphatic heterocycles. The summed E-state index contributed by atoms with van der Waals surface area (Å²) in [7, 11) is 7.51. The van der Waals surface area contributed by atoms with E-state index < -0.39 is 0 Å². The number of amides is 1. The third-order valence-electron chi connectivity index (χ3n) is 2.81. The first kappa shape index (κ1) is 14.7. The average molecular weight is 249 g/mol. The number of hydrogen-bond donors (Lipinski definition) is 1. The Morgan fingerprint density at radius 3 is 2.28 bits per heavy atom. The first-order valence-corrected chi connectivity index (χ1v) is 6.19. The quantitative estimate of drug-likeness (QED) is 0.768. The number of nitrogens with zero attached hydrogens (tertiary/aromatic N) is 2. The van der Waals surface area contributed by atoms with Crippen LogP contribution in [-0.4, -0.2) is 50.0 Å². The van der Waals surface area contributed by atoms with Crippen molar-refractivity contribution in [3.63, 3.8) is 0 Å². The van der Waals surface area contributed by atoms with Gasteiger partial charge < -0.3 is 0 Å². The van der Waals surface area contributed by atoms with Crippen molar-refractivity contribution in [1.82, 2.24) is 15.3 Å². The van der Waals surface area contributed by atoms with Crippen molar-refractivity contribution in [3.05, 3.63) is 35.9 Å². The Labute approximate surface area is 110 Å². The smallest absolute Gasteiger partial charge is 0.251 e. The van der Waals surface area contributed by atoms with Crippen molar-refractivity contribution in [1.29, 1.82) is 0 Å². The fourth-order valence-electron chi connectivity index (χ4n) is 1.87. The van der Waals surface area contributed by atoms with Crippen LogP contribution >= 0.6 is 0 Å². The summed E-state index contributed by atoms with van der Waals surface area (Å²) in [4.78, 5) is 14.0. The summed E-state index contributed by atoms with van der Waals surface area (Å²) in [5.41, 5.74) is 4.08. The van der Waals surface area contributed by atoms with Crippen LogP contribution in [0.1, 0.15) is 12.0 Å². The molecule has 0 saturated carbocycles. The van der Waals surface area contributed by atoms with Gasteiger partial charge in [0.15, 0.2) is 0 Å². The summed E-state index contributed by atoms with van der Waals surface area (Å²) < 4.78 is 0. The molecule has 4 heteroatoms. The molecule has 1 unspecified atom stereocenters. The van der Waals surface area contributed by atoms with Crippen molar-refractivity contribution in [2.75, 3.05) is 28.2 Å². The van der Waals surface area contributed by atoms with Gasteiger partial charge in [-0.05, 0) is 32.5 Å². The standard InChI is InChI=1S/C14H23N3O/c1-16(2)13(14(18)15-17(3)4)11-10-12-8-6-5-7-9-12/h5-9,13H,10-11H2,1-4H3,(H,15,18). The molecular formula is C14H23N3O. The first-order valence-electron chi connectivity index (χ1n) is 6.19. The van der Waals surface area contributed by atoms with Gasteiger partial charge in [-0.15, -0.1) is 0 Å². The maximum Gasteiger partial charge on any atom is 0.251 e.